The van der Waals surface area contributed by atoms with Crippen LogP contribution in [-0.4, -0.2) is 37.8 Å². The lowest BCUT2D eigenvalue weighted by atomic mass is 10.1. The van der Waals surface area contributed by atoms with Crippen molar-refractivity contribution in [1.82, 2.24) is 9.62 Å². The van der Waals surface area contributed by atoms with Gasteiger partial charge in [-0.1, -0.05) is 31.5 Å². The molecule has 1 N–H and O–H groups in total. The van der Waals surface area contributed by atoms with E-state index in [4.69, 9.17) is 0 Å². The number of nitrogens with one attached hydrogen (secondary N) is 1. The van der Waals surface area contributed by atoms with Crippen LogP contribution in [0, 0.1) is 12.8 Å². The van der Waals surface area contributed by atoms with Gasteiger partial charge in [-0.15, -0.1) is 0 Å². The minimum atomic E-state index is -3.43. The highest BCUT2D eigenvalue weighted by Gasteiger charge is 2.30. The lowest BCUT2D eigenvalue weighted by Crippen LogP contribution is -2.47. The summed E-state index contributed by atoms with van der Waals surface area (Å²) in [6, 6.07) is 6.99. The minimum absolute atomic E-state index is 0.0276. The third-order valence-corrected chi connectivity index (χ3v) is 5.90. The number of hydrogen-bond acceptors (Lipinski definition) is 3. The number of aryl methyl sites for hydroxylation is 1. The van der Waals surface area contributed by atoms with Crippen molar-refractivity contribution >= 4 is 15.9 Å². The minimum Gasteiger partial charge on any atom is -0.353 e. The van der Waals surface area contributed by atoms with Gasteiger partial charge in [0.05, 0.1) is 4.90 Å². The smallest absolute Gasteiger partial charge is 0.243 e. The van der Waals surface area contributed by atoms with E-state index in [-0.39, 0.29) is 17.9 Å². The Balaban J connectivity index is 1.99. The molecule has 2 rings (SSSR count). The van der Waals surface area contributed by atoms with Crippen LogP contribution in [0.1, 0.15) is 32.3 Å². The van der Waals surface area contributed by atoms with Crippen LogP contribution in [-0.2, 0) is 14.8 Å². The first kappa shape index (κ1) is 17.0. The summed E-state index contributed by atoms with van der Waals surface area (Å²) < 4.78 is 26.7. The Hall–Kier alpha value is -1.40. The van der Waals surface area contributed by atoms with Gasteiger partial charge in [-0.2, -0.15) is 4.31 Å². The molecular weight excluding hydrogens is 300 g/mol. The standard InChI is InChI=1S/C16H24N2O3S/c1-12(2)16(19)17-14-8-10-18(11-9-14)22(20,21)15-6-4-13(3)5-7-15/h4-7,12,14H,8-11H2,1-3H3,(H,17,19). The average Bonchev–Trinajstić information content (AvgIpc) is 2.48. The Labute approximate surface area is 132 Å². The molecule has 0 spiro atoms. The van der Waals surface area contributed by atoms with E-state index in [1.54, 1.807) is 12.1 Å². The van der Waals surface area contributed by atoms with E-state index < -0.39 is 10.0 Å². The van der Waals surface area contributed by atoms with Gasteiger partial charge >= 0.3 is 0 Å². The maximum absolute atomic E-state index is 12.6. The van der Waals surface area contributed by atoms with Crippen LogP contribution in [0.2, 0.25) is 0 Å². The zero-order valence-electron chi connectivity index (χ0n) is 13.4. The maximum atomic E-state index is 12.6. The maximum Gasteiger partial charge on any atom is 0.243 e. The normalized spacial score (nSPS) is 17.6. The van der Waals surface area contributed by atoms with Gasteiger partial charge in [-0.05, 0) is 31.9 Å². The zero-order chi connectivity index (χ0) is 16.3. The number of rotatable bonds is 4. The largest absolute Gasteiger partial charge is 0.353 e. The molecule has 1 amide bonds. The molecule has 0 aromatic heterocycles. The highest BCUT2D eigenvalue weighted by molar-refractivity contribution is 7.89. The molecule has 1 aliphatic rings. The molecule has 0 saturated carbocycles. The van der Waals surface area contributed by atoms with Crippen LogP contribution >= 0.6 is 0 Å². The number of piperidine rings is 1. The van der Waals surface area contributed by atoms with E-state index in [1.165, 1.54) is 4.31 Å². The lowest BCUT2D eigenvalue weighted by Gasteiger charge is -2.32. The molecule has 0 radical (unpaired) electrons. The van der Waals surface area contributed by atoms with E-state index in [9.17, 15) is 13.2 Å². The molecule has 1 aromatic carbocycles. The Kier molecular flexibility index (Phi) is 5.24. The summed E-state index contributed by atoms with van der Waals surface area (Å²) in [5.41, 5.74) is 1.04. The summed E-state index contributed by atoms with van der Waals surface area (Å²) >= 11 is 0. The van der Waals surface area contributed by atoms with Crippen molar-refractivity contribution in [2.24, 2.45) is 5.92 Å². The number of sulfonamides is 1. The molecule has 6 heteroatoms. The van der Waals surface area contributed by atoms with Gasteiger partial charge < -0.3 is 5.32 Å². The molecule has 1 heterocycles. The van der Waals surface area contributed by atoms with Gasteiger partial charge in [0.1, 0.15) is 0 Å². The fourth-order valence-electron chi connectivity index (χ4n) is 2.47. The van der Waals surface area contributed by atoms with Crippen LogP contribution in [0.3, 0.4) is 0 Å². The molecule has 1 aliphatic heterocycles. The number of carbonyl (C=O) groups excluding carboxylic acids is 1. The summed E-state index contributed by atoms with van der Waals surface area (Å²) in [5, 5.41) is 2.98. The molecule has 0 atom stereocenters. The molecule has 22 heavy (non-hydrogen) atoms. The quantitative estimate of drug-likeness (QED) is 0.920. The fraction of sp³-hybridized carbons (Fsp3) is 0.562. The molecule has 1 saturated heterocycles. The zero-order valence-corrected chi connectivity index (χ0v) is 14.2. The third kappa shape index (κ3) is 3.87. The number of benzene rings is 1. The van der Waals surface area contributed by atoms with Gasteiger partial charge in [-0.3, -0.25) is 4.79 Å². The summed E-state index contributed by atoms with van der Waals surface area (Å²) in [4.78, 5) is 12.0. The number of nitrogens with zero attached hydrogens (tertiary/aromatic N) is 1. The summed E-state index contributed by atoms with van der Waals surface area (Å²) in [7, 11) is -3.43. The molecule has 122 valence electrons. The predicted molar refractivity (Wildman–Crippen MR) is 85.9 cm³/mol. The van der Waals surface area contributed by atoms with Crippen LogP contribution < -0.4 is 5.32 Å². The summed E-state index contributed by atoms with van der Waals surface area (Å²) in [6.45, 7) is 6.52. The number of carbonyl (C=O) groups is 1. The molecule has 0 aliphatic carbocycles. The Morgan fingerprint density at radius 1 is 1.18 bits per heavy atom. The SMILES string of the molecule is Cc1ccc(S(=O)(=O)N2CCC(NC(=O)C(C)C)CC2)cc1. The van der Waals surface area contributed by atoms with E-state index in [1.807, 2.05) is 32.9 Å². The van der Waals surface area contributed by atoms with Crippen LogP contribution in [0.5, 0.6) is 0 Å². The second kappa shape index (κ2) is 6.79. The summed E-state index contributed by atoms with van der Waals surface area (Å²) in [5.74, 6) is -0.0193. The number of hydrogen-bond donors (Lipinski definition) is 1. The molecule has 0 unspecified atom stereocenters. The van der Waals surface area contributed by atoms with Crippen molar-refractivity contribution < 1.29 is 13.2 Å². The van der Waals surface area contributed by atoms with Crippen molar-refractivity contribution in [3.8, 4) is 0 Å². The van der Waals surface area contributed by atoms with E-state index in [0.717, 1.165) is 5.56 Å². The van der Waals surface area contributed by atoms with Gasteiger partial charge in [0, 0.05) is 25.0 Å². The Bertz CT molecular complexity index is 615. The highest BCUT2D eigenvalue weighted by atomic mass is 32.2. The highest BCUT2D eigenvalue weighted by Crippen LogP contribution is 2.21. The predicted octanol–water partition coefficient (Wildman–Crippen LogP) is 1.92. The first-order valence-corrected chi connectivity index (χ1v) is 9.12. The van der Waals surface area contributed by atoms with Crippen LogP contribution in [0.25, 0.3) is 0 Å². The molecule has 0 bridgehead atoms. The van der Waals surface area contributed by atoms with Crippen molar-refractivity contribution in [2.75, 3.05) is 13.1 Å². The van der Waals surface area contributed by atoms with E-state index in [0.29, 0.717) is 30.8 Å². The molecular formula is C16H24N2O3S. The molecule has 1 fully saturated rings. The van der Waals surface area contributed by atoms with Crippen molar-refractivity contribution in [3.05, 3.63) is 29.8 Å². The van der Waals surface area contributed by atoms with Crippen molar-refractivity contribution in [3.63, 3.8) is 0 Å². The second-order valence-corrected chi connectivity index (χ2v) is 8.09. The van der Waals surface area contributed by atoms with E-state index >= 15 is 0 Å². The molecule has 1 aromatic rings. The van der Waals surface area contributed by atoms with Gasteiger partial charge in [0.2, 0.25) is 15.9 Å². The van der Waals surface area contributed by atoms with Gasteiger partial charge in [-0.25, -0.2) is 8.42 Å². The Morgan fingerprint density at radius 3 is 2.23 bits per heavy atom. The Morgan fingerprint density at radius 2 is 1.73 bits per heavy atom. The first-order valence-electron chi connectivity index (χ1n) is 7.68. The third-order valence-electron chi connectivity index (χ3n) is 3.98. The lowest BCUT2D eigenvalue weighted by molar-refractivity contribution is -0.124. The van der Waals surface area contributed by atoms with Crippen LogP contribution in [0.4, 0.5) is 0 Å². The van der Waals surface area contributed by atoms with Gasteiger partial charge in [0.15, 0.2) is 0 Å². The van der Waals surface area contributed by atoms with Gasteiger partial charge in [0.25, 0.3) is 0 Å². The monoisotopic (exact) mass is 324 g/mol. The van der Waals surface area contributed by atoms with Crippen LogP contribution in [0.15, 0.2) is 29.2 Å². The van der Waals surface area contributed by atoms with Crippen molar-refractivity contribution in [2.45, 2.75) is 44.6 Å². The summed E-state index contributed by atoms with van der Waals surface area (Å²) in [6.07, 6.45) is 1.31. The number of amides is 1. The topological polar surface area (TPSA) is 66.5 Å². The fourth-order valence-corrected chi connectivity index (χ4v) is 3.94. The first-order chi connectivity index (χ1) is 10.3. The average molecular weight is 324 g/mol. The second-order valence-electron chi connectivity index (χ2n) is 6.15. The molecule has 5 nitrogen and oxygen atoms in total. The van der Waals surface area contributed by atoms with Crippen molar-refractivity contribution in [1.29, 1.82) is 0 Å². The van der Waals surface area contributed by atoms with E-state index in [2.05, 4.69) is 5.32 Å².